The van der Waals surface area contributed by atoms with Gasteiger partial charge in [0.25, 0.3) is 5.91 Å². The van der Waals surface area contributed by atoms with Gasteiger partial charge >= 0.3 is 0 Å². The molecule has 4 heteroatoms. The van der Waals surface area contributed by atoms with Crippen LogP contribution in [0.5, 0.6) is 0 Å². The largest absolute Gasteiger partial charge is 0.391 e. The highest BCUT2D eigenvalue weighted by atomic mass is 79.9. The van der Waals surface area contributed by atoms with Crippen molar-refractivity contribution in [3.63, 3.8) is 0 Å². The average molecular weight is 284 g/mol. The minimum Gasteiger partial charge on any atom is -0.391 e. The molecule has 0 radical (unpaired) electrons. The summed E-state index contributed by atoms with van der Waals surface area (Å²) in [6.07, 6.45) is 0.320. The molecule has 2 rings (SSSR count). The maximum atomic E-state index is 12.1. The van der Waals surface area contributed by atoms with Crippen LogP contribution in [0, 0.1) is 6.92 Å². The molecule has 1 unspecified atom stereocenters. The summed E-state index contributed by atoms with van der Waals surface area (Å²) in [5, 5.41) is 9.41. The van der Waals surface area contributed by atoms with Crippen molar-refractivity contribution >= 4 is 21.8 Å². The second kappa shape index (κ2) is 4.55. The predicted octanol–water partition coefficient (Wildman–Crippen LogP) is 1.96. The van der Waals surface area contributed by atoms with Gasteiger partial charge in [-0.25, -0.2) is 0 Å². The monoisotopic (exact) mass is 283 g/mol. The quantitative estimate of drug-likeness (QED) is 0.856. The molecular formula is C12H14BrNO2. The molecule has 86 valence electrons. The van der Waals surface area contributed by atoms with Crippen LogP contribution in [-0.4, -0.2) is 35.1 Å². The van der Waals surface area contributed by atoms with E-state index in [9.17, 15) is 9.90 Å². The van der Waals surface area contributed by atoms with E-state index in [1.807, 2.05) is 25.1 Å². The summed E-state index contributed by atoms with van der Waals surface area (Å²) in [5.74, 6) is 0.0153. The van der Waals surface area contributed by atoms with Crippen molar-refractivity contribution in [3.8, 4) is 0 Å². The molecule has 1 amide bonds. The minimum atomic E-state index is -0.361. The number of β-amino-alcohol motifs (C(OH)–C–C–N with tert-alkyl or cyclic N) is 1. The number of benzene rings is 1. The van der Waals surface area contributed by atoms with Gasteiger partial charge in [0.05, 0.1) is 6.10 Å². The highest BCUT2D eigenvalue weighted by Gasteiger charge is 2.25. The highest BCUT2D eigenvalue weighted by Crippen LogP contribution is 2.19. The molecule has 16 heavy (non-hydrogen) atoms. The molecule has 0 aliphatic carbocycles. The van der Waals surface area contributed by atoms with Crippen LogP contribution >= 0.6 is 15.9 Å². The first-order valence-corrected chi connectivity index (χ1v) is 6.10. The first-order chi connectivity index (χ1) is 7.58. The number of halogens is 1. The number of carbonyl (C=O) groups excluding carboxylic acids is 1. The normalized spacial score (nSPS) is 20.2. The molecule has 1 heterocycles. The van der Waals surface area contributed by atoms with Gasteiger partial charge in [0.2, 0.25) is 0 Å². The van der Waals surface area contributed by atoms with E-state index in [1.165, 1.54) is 0 Å². The molecule has 1 N–H and O–H groups in total. The Labute approximate surface area is 103 Å². The third-order valence-corrected chi connectivity index (χ3v) is 3.36. The van der Waals surface area contributed by atoms with Crippen molar-refractivity contribution in [2.45, 2.75) is 19.4 Å². The summed E-state index contributed by atoms with van der Waals surface area (Å²) >= 11 is 3.37. The molecule has 3 nitrogen and oxygen atoms in total. The molecule has 1 aromatic rings. The van der Waals surface area contributed by atoms with Gasteiger partial charge in [0, 0.05) is 23.1 Å². The van der Waals surface area contributed by atoms with Crippen molar-refractivity contribution in [3.05, 3.63) is 33.8 Å². The Morgan fingerprint density at radius 2 is 2.31 bits per heavy atom. The van der Waals surface area contributed by atoms with Crippen LogP contribution in [0.25, 0.3) is 0 Å². The lowest BCUT2D eigenvalue weighted by molar-refractivity contribution is 0.0764. The number of carbonyl (C=O) groups is 1. The number of hydrogen-bond donors (Lipinski definition) is 1. The number of nitrogens with zero attached hydrogens (tertiary/aromatic N) is 1. The second-order valence-electron chi connectivity index (χ2n) is 4.15. The molecule has 1 aromatic carbocycles. The summed E-state index contributed by atoms with van der Waals surface area (Å²) in [7, 11) is 0. The number of aryl methyl sites for hydroxylation is 1. The van der Waals surface area contributed by atoms with Crippen molar-refractivity contribution in [1.29, 1.82) is 0 Å². The van der Waals surface area contributed by atoms with E-state index in [1.54, 1.807) is 4.90 Å². The Kier molecular flexibility index (Phi) is 3.30. The van der Waals surface area contributed by atoms with Gasteiger partial charge in [-0.05, 0) is 37.1 Å². The van der Waals surface area contributed by atoms with Crippen LogP contribution in [0.15, 0.2) is 22.7 Å². The van der Waals surface area contributed by atoms with Gasteiger partial charge in [-0.1, -0.05) is 15.9 Å². The lowest BCUT2D eigenvalue weighted by atomic mass is 10.1. The van der Waals surface area contributed by atoms with E-state index in [0.717, 1.165) is 15.6 Å². The molecule has 1 saturated heterocycles. The highest BCUT2D eigenvalue weighted by molar-refractivity contribution is 9.10. The molecule has 1 atom stereocenters. The van der Waals surface area contributed by atoms with Crippen molar-refractivity contribution in [2.24, 2.45) is 0 Å². The Bertz CT molecular complexity index is 419. The summed E-state index contributed by atoms with van der Waals surface area (Å²) in [6.45, 7) is 3.02. The van der Waals surface area contributed by atoms with Crippen LogP contribution in [0.3, 0.4) is 0 Å². The van der Waals surface area contributed by atoms with Crippen LogP contribution < -0.4 is 0 Å². The van der Waals surface area contributed by atoms with Gasteiger partial charge in [0.1, 0.15) is 0 Å². The zero-order valence-electron chi connectivity index (χ0n) is 9.11. The van der Waals surface area contributed by atoms with Gasteiger partial charge < -0.3 is 10.0 Å². The Balaban J connectivity index is 2.21. The Morgan fingerprint density at radius 3 is 2.88 bits per heavy atom. The van der Waals surface area contributed by atoms with E-state index in [2.05, 4.69) is 15.9 Å². The summed E-state index contributed by atoms with van der Waals surface area (Å²) < 4.78 is 0.975. The van der Waals surface area contributed by atoms with Crippen LogP contribution in [0.2, 0.25) is 0 Å². The number of aliphatic hydroxyl groups is 1. The summed E-state index contributed by atoms with van der Waals surface area (Å²) in [5.41, 5.74) is 1.68. The van der Waals surface area contributed by atoms with E-state index >= 15 is 0 Å². The van der Waals surface area contributed by atoms with E-state index < -0.39 is 0 Å². The fourth-order valence-corrected chi connectivity index (χ4v) is 2.44. The molecular weight excluding hydrogens is 270 g/mol. The van der Waals surface area contributed by atoms with E-state index in [-0.39, 0.29) is 12.0 Å². The maximum Gasteiger partial charge on any atom is 0.254 e. The standard InChI is InChI=1S/C12H14BrNO2/c1-8-6-9(13)2-3-11(8)12(16)14-5-4-10(15)7-14/h2-3,6,10,15H,4-5,7H2,1H3. The van der Waals surface area contributed by atoms with Gasteiger partial charge in [-0.3, -0.25) is 4.79 Å². The van der Waals surface area contributed by atoms with Gasteiger partial charge in [-0.15, -0.1) is 0 Å². The lowest BCUT2D eigenvalue weighted by Crippen LogP contribution is -2.30. The van der Waals surface area contributed by atoms with Crippen molar-refractivity contribution in [2.75, 3.05) is 13.1 Å². The zero-order valence-corrected chi connectivity index (χ0v) is 10.7. The van der Waals surface area contributed by atoms with Gasteiger partial charge in [-0.2, -0.15) is 0 Å². The van der Waals surface area contributed by atoms with Crippen LogP contribution in [-0.2, 0) is 0 Å². The first-order valence-electron chi connectivity index (χ1n) is 5.31. The van der Waals surface area contributed by atoms with Crippen molar-refractivity contribution < 1.29 is 9.90 Å². The molecule has 1 fully saturated rings. The van der Waals surface area contributed by atoms with Gasteiger partial charge in [0.15, 0.2) is 0 Å². The SMILES string of the molecule is Cc1cc(Br)ccc1C(=O)N1CCC(O)C1. The zero-order chi connectivity index (χ0) is 11.7. The molecule has 0 aromatic heterocycles. The number of amides is 1. The average Bonchev–Trinajstić information content (AvgIpc) is 2.64. The fraction of sp³-hybridized carbons (Fsp3) is 0.417. The molecule has 0 bridgehead atoms. The fourth-order valence-electron chi connectivity index (χ4n) is 1.96. The van der Waals surface area contributed by atoms with Crippen molar-refractivity contribution in [1.82, 2.24) is 4.90 Å². The maximum absolute atomic E-state index is 12.1. The summed E-state index contributed by atoms with van der Waals surface area (Å²) in [6, 6.07) is 5.62. The lowest BCUT2D eigenvalue weighted by Gasteiger charge is -2.16. The number of aliphatic hydroxyl groups excluding tert-OH is 1. The summed E-state index contributed by atoms with van der Waals surface area (Å²) in [4.78, 5) is 13.8. The smallest absolute Gasteiger partial charge is 0.254 e. The molecule has 1 aliphatic heterocycles. The van der Waals surface area contributed by atoms with E-state index in [4.69, 9.17) is 0 Å². The first kappa shape index (κ1) is 11.6. The third kappa shape index (κ3) is 2.28. The number of rotatable bonds is 1. The third-order valence-electron chi connectivity index (χ3n) is 2.87. The minimum absolute atomic E-state index is 0.0153. The molecule has 0 spiro atoms. The van der Waals surface area contributed by atoms with Crippen LogP contribution in [0.1, 0.15) is 22.3 Å². The predicted molar refractivity (Wildman–Crippen MR) is 65.4 cm³/mol. The second-order valence-corrected chi connectivity index (χ2v) is 5.07. The van der Waals surface area contributed by atoms with E-state index in [0.29, 0.717) is 19.5 Å². The molecule has 0 saturated carbocycles. The topological polar surface area (TPSA) is 40.5 Å². The Hall–Kier alpha value is -0.870. The number of likely N-dealkylation sites (tertiary alicyclic amines) is 1. The Morgan fingerprint density at radius 1 is 1.56 bits per heavy atom. The van der Waals surface area contributed by atoms with Crippen LogP contribution in [0.4, 0.5) is 0 Å². The molecule has 1 aliphatic rings. The number of hydrogen-bond acceptors (Lipinski definition) is 2.